The summed E-state index contributed by atoms with van der Waals surface area (Å²) in [5, 5.41) is 7.89. The molecule has 0 aliphatic rings. The average Bonchev–Trinajstić information content (AvgIpc) is 3.22. The molecule has 1 aromatic carbocycles. The van der Waals surface area contributed by atoms with Gasteiger partial charge >= 0.3 is 0 Å². The maximum Gasteiger partial charge on any atom is 0.140 e. The van der Waals surface area contributed by atoms with Gasteiger partial charge in [-0.25, -0.2) is 14.6 Å². The number of nitrogens with zero attached hydrogens (tertiary/aromatic N) is 5. The van der Waals surface area contributed by atoms with E-state index in [1.54, 1.807) is 17.7 Å². The first-order chi connectivity index (χ1) is 12.1. The minimum Gasteiger partial charge on any atom is -0.355 e. The van der Waals surface area contributed by atoms with Gasteiger partial charge in [-0.3, -0.25) is 0 Å². The lowest BCUT2D eigenvalue weighted by molar-refractivity contribution is 0.830. The summed E-state index contributed by atoms with van der Waals surface area (Å²) < 4.78 is 2.01. The summed E-state index contributed by atoms with van der Waals surface area (Å²) in [7, 11) is 2.07. The number of rotatable bonds is 4. The van der Waals surface area contributed by atoms with Gasteiger partial charge in [0.05, 0.1) is 16.8 Å². The van der Waals surface area contributed by atoms with E-state index in [9.17, 15) is 0 Å². The van der Waals surface area contributed by atoms with Crippen LogP contribution < -0.4 is 4.90 Å². The number of hydrogen-bond donors (Lipinski definition) is 0. The smallest absolute Gasteiger partial charge is 0.140 e. The first-order valence-electron chi connectivity index (χ1n) is 8.15. The minimum absolute atomic E-state index is 0.756. The summed E-state index contributed by atoms with van der Waals surface area (Å²) in [6, 6.07) is 12.3. The van der Waals surface area contributed by atoms with Crippen LogP contribution in [0.4, 0.5) is 5.82 Å². The zero-order valence-electron chi connectivity index (χ0n) is 14.5. The van der Waals surface area contributed by atoms with Gasteiger partial charge in [-0.2, -0.15) is 5.10 Å². The molecule has 0 fully saturated rings. The molecule has 126 valence electrons. The van der Waals surface area contributed by atoms with Crippen LogP contribution in [-0.4, -0.2) is 26.8 Å². The van der Waals surface area contributed by atoms with Crippen molar-refractivity contribution in [3.63, 3.8) is 0 Å². The highest BCUT2D eigenvalue weighted by atomic mass is 32.1. The van der Waals surface area contributed by atoms with Gasteiger partial charge in [0, 0.05) is 24.8 Å². The average molecular weight is 349 g/mol. The van der Waals surface area contributed by atoms with Crippen molar-refractivity contribution < 1.29 is 0 Å². The van der Waals surface area contributed by atoms with Gasteiger partial charge in [-0.1, -0.05) is 18.2 Å². The van der Waals surface area contributed by atoms with E-state index in [0.717, 1.165) is 39.7 Å². The number of aromatic nitrogens is 4. The molecule has 5 nitrogen and oxygen atoms in total. The Morgan fingerprint density at radius 2 is 1.88 bits per heavy atom. The van der Waals surface area contributed by atoms with Gasteiger partial charge in [0.1, 0.15) is 17.0 Å². The van der Waals surface area contributed by atoms with E-state index in [-0.39, 0.29) is 0 Å². The summed E-state index contributed by atoms with van der Waals surface area (Å²) in [6.07, 6.45) is 1.64. The van der Waals surface area contributed by atoms with Crippen LogP contribution in [0, 0.1) is 13.8 Å². The lowest BCUT2D eigenvalue weighted by Gasteiger charge is -2.19. The Balaban J connectivity index is 1.69. The van der Waals surface area contributed by atoms with E-state index >= 15 is 0 Å². The molecule has 0 amide bonds. The monoisotopic (exact) mass is 349 g/mol. The van der Waals surface area contributed by atoms with Crippen LogP contribution in [0.1, 0.15) is 17.0 Å². The van der Waals surface area contributed by atoms with Gasteiger partial charge in [-0.15, -0.1) is 11.3 Å². The van der Waals surface area contributed by atoms with Crippen molar-refractivity contribution in [2.75, 3.05) is 11.9 Å². The van der Waals surface area contributed by atoms with Gasteiger partial charge in [0.15, 0.2) is 0 Å². The molecular weight excluding hydrogens is 330 g/mol. The predicted molar refractivity (Wildman–Crippen MR) is 103 cm³/mol. The SMILES string of the molecule is Cc1nn(-c2ccccc2)c(C)c1CN(C)c1ncnc2sccc12. The summed E-state index contributed by atoms with van der Waals surface area (Å²) in [6.45, 7) is 4.94. The van der Waals surface area contributed by atoms with E-state index in [0.29, 0.717) is 0 Å². The van der Waals surface area contributed by atoms with Gasteiger partial charge in [0.2, 0.25) is 0 Å². The second-order valence-electron chi connectivity index (χ2n) is 6.09. The number of fused-ring (bicyclic) bond motifs is 1. The summed E-state index contributed by atoms with van der Waals surface area (Å²) in [5.41, 5.74) is 4.52. The molecule has 4 rings (SSSR count). The van der Waals surface area contributed by atoms with E-state index in [1.165, 1.54) is 5.56 Å². The molecule has 0 N–H and O–H groups in total. The lowest BCUT2D eigenvalue weighted by Crippen LogP contribution is -2.19. The molecule has 0 unspecified atom stereocenters. The number of hydrogen-bond acceptors (Lipinski definition) is 5. The van der Waals surface area contributed by atoms with Crippen LogP contribution >= 0.6 is 11.3 Å². The third kappa shape index (κ3) is 2.78. The zero-order valence-corrected chi connectivity index (χ0v) is 15.3. The minimum atomic E-state index is 0.756. The molecule has 0 bridgehead atoms. The highest BCUT2D eigenvalue weighted by molar-refractivity contribution is 7.16. The highest BCUT2D eigenvalue weighted by Crippen LogP contribution is 2.28. The summed E-state index contributed by atoms with van der Waals surface area (Å²) in [4.78, 5) is 12.0. The van der Waals surface area contributed by atoms with Crippen LogP contribution in [0.15, 0.2) is 48.1 Å². The maximum atomic E-state index is 4.74. The van der Waals surface area contributed by atoms with E-state index < -0.39 is 0 Å². The van der Waals surface area contributed by atoms with Crippen molar-refractivity contribution in [3.8, 4) is 5.69 Å². The number of para-hydroxylation sites is 1. The van der Waals surface area contributed by atoms with Crippen molar-refractivity contribution in [1.82, 2.24) is 19.7 Å². The Morgan fingerprint density at radius 1 is 1.08 bits per heavy atom. The molecule has 0 radical (unpaired) electrons. The molecule has 0 atom stereocenters. The molecule has 3 heterocycles. The van der Waals surface area contributed by atoms with Crippen molar-refractivity contribution in [2.45, 2.75) is 20.4 Å². The second-order valence-corrected chi connectivity index (χ2v) is 6.98. The first-order valence-corrected chi connectivity index (χ1v) is 9.03. The number of benzene rings is 1. The van der Waals surface area contributed by atoms with E-state index in [2.05, 4.69) is 59.3 Å². The first kappa shape index (κ1) is 15.8. The van der Waals surface area contributed by atoms with Gasteiger partial charge in [0.25, 0.3) is 0 Å². The quantitative estimate of drug-likeness (QED) is 0.556. The van der Waals surface area contributed by atoms with Crippen LogP contribution in [0.3, 0.4) is 0 Å². The molecule has 0 aliphatic carbocycles. The number of aryl methyl sites for hydroxylation is 1. The van der Waals surface area contributed by atoms with E-state index in [1.807, 2.05) is 22.9 Å². The topological polar surface area (TPSA) is 46.8 Å². The Bertz CT molecular complexity index is 1020. The van der Waals surface area contributed by atoms with E-state index in [4.69, 9.17) is 5.10 Å². The fourth-order valence-electron chi connectivity index (χ4n) is 3.12. The molecule has 4 aromatic rings. The summed E-state index contributed by atoms with van der Waals surface area (Å²) >= 11 is 1.64. The van der Waals surface area contributed by atoms with Gasteiger partial charge in [-0.05, 0) is 37.4 Å². The normalized spacial score (nSPS) is 11.2. The van der Waals surface area contributed by atoms with Crippen LogP contribution in [0.25, 0.3) is 15.9 Å². The molecule has 0 aliphatic heterocycles. The van der Waals surface area contributed by atoms with Gasteiger partial charge < -0.3 is 4.90 Å². The Labute approximate surface area is 150 Å². The molecule has 25 heavy (non-hydrogen) atoms. The molecular formula is C19H19N5S. The van der Waals surface area contributed by atoms with Crippen LogP contribution in [-0.2, 0) is 6.54 Å². The van der Waals surface area contributed by atoms with Crippen molar-refractivity contribution in [3.05, 3.63) is 65.1 Å². The van der Waals surface area contributed by atoms with Crippen molar-refractivity contribution in [1.29, 1.82) is 0 Å². The van der Waals surface area contributed by atoms with Crippen molar-refractivity contribution in [2.24, 2.45) is 0 Å². The fourth-order valence-corrected chi connectivity index (χ4v) is 3.84. The number of thiophene rings is 1. The molecule has 6 heteroatoms. The zero-order chi connectivity index (χ0) is 17.4. The standard InChI is InChI=1S/C19H19N5S/c1-13-17(14(2)24(22-13)15-7-5-4-6-8-15)11-23(3)18-16-9-10-25-19(16)21-12-20-18/h4-10,12H,11H2,1-3H3. The molecule has 0 saturated carbocycles. The second kappa shape index (κ2) is 6.29. The maximum absolute atomic E-state index is 4.74. The van der Waals surface area contributed by atoms with Crippen LogP contribution in [0.2, 0.25) is 0 Å². The Morgan fingerprint density at radius 3 is 2.68 bits per heavy atom. The third-order valence-electron chi connectivity index (χ3n) is 4.44. The number of anilines is 1. The highest BCUT2D eigenvalue weighted by Gasteiger charge is 2.17. The predicted octanol–water partition coefficient (Wildman–Crippen LogP) is 4.13. The van der Waals surface area contributed by atoms with Crippen LogP contribution in [0.5, 0.6) is 0 Å². The molecule has 0 saturated heterocycles. The summed E-state index contributed by atoms with van der Waals surface area (Å²) in [5.74, 6) is 0.956. The molecule has 0 spiro atoms. The Kier molecular flexibility index (Phi) is 3.97. The molecule has 3 aromatic heterocycles. The fraction of sp³-hybridized carbons (Fsp3) is 0.211. The largest absolute Gasteiger partial charge is 0.355 e. The van der Waals surface area contributed by atoms with Crippen molar-refractivity contribution >= 4 is 27.4 Å². The lowest BCUT2D eigenvalue weighted by atomic mass is 10.2. The third-order valence-corrected chi connectivity index (χ3v) is 5.26. The Hall–Kier alpha value is -2.73.